The first-order valence-electron chi connectivity index (χ1n) is 9.27. The van der Waals surface area contributed by atoms with Gasteiger partial charge in [0.15, 0.2) is 0 Å². The molecule has 3 aromatic rings. The summed E-state index contributed by atoms with van der Waals surface area (Å²) in [6, 6.07) is 12.4. The van der Waals surface area contributed by atoms with Crippen molar-refractivity contribution in [3.8, 4) is 11.3 Å². The molecule has 28 heavy (non-hydrogen) atoms. The highest BCUT2D eigenvalue weighted by molar-refractivity contribution is 5.63. The minimum atomic E-state index is -0.237. The minimum Gasteiger partial charge on any atom is -0.366 e. The fourth-order valence-corrected chi connectivity index (χ4v) is 2.70. The average molecular weight is 380 g/mol. The predicted molar refractivity (Wildman–Crippen MR) is 111 cm³/mol. The largest absolute Gasteiger partial charge is 0.366 e. The molecule has 0 radical (unpaired) electrons. The number of benzene rings is 1. The summed E-state index contributed by atoms with van der Waals surface area (Å²) in [6.07, 6.45) is 4.46. The van der Waals surface area contributed by atoms with Gasteiger partial charge in [0.05, 0.1) is 5.69 Å². The van der Waals surface area contributed by atoms with Gasteiger partial charge in [0.1, 0.15) is 11.6 Å². The molecule has 0 saturated carbocycles. The van der Waals surface area contributed by atoms with E-state index in [2.05, 4.69) is 30.5 Å². The van der Waals surface area contributed by atoms with Crippen LogP contribution in [-0.4, -0.2) is 47.0 Å². The molecular formula is C21H25FN6. The fraction of sp³-hybridized carbons (Fsp3) is 0.286. The highest BCUT2D eigenvalue weighted by Gasteiger charge is 2.08. The summed E-state index contributed by atoms with van der Waals surface area (Å²) >= 11 is 0. The summed E-state index contributed by atoms with van der Waals surface area (Å²) in [4.78, 5) is 15.4. The Hall–Kier alpha value is -3.06. The maximum Gasteiger partial charge on any atom is 0.225 e. The molecule has 2 N–H and O–H groups in total. The lowest BCUT2D eigenvalue weighted by atomic mass is 10.2. The van der Waals surface area contributed by atoms with Gasteiger partial charge in [-0.05, 0) is 45.3 Å². The molecule has 2 aromatic heterocycles. The van der Waals surface area contributed by atoms with Crippen molar-refractivity contribution in [2.24, 2.45) is 0 Å². The lowest BCUT2D eigenvalue weighted by molar-refractivity contribution is 0.405. The van der Waals surface area contributed by atoms with Crippen molar-refractivity contribution < 1.29 is 4.39 Å². The zero-order valence-electron chi connectivity index (χ0n) is 16.2. The Balaban J connectivity index is 1.77. The van der Waals surface area contributed by atoms with Gasteiger partial charge >= 0.3 is 0 Å². The number of anilines is 2. The van der Waals surface area contributed by atoms with Crippen LogP contribution in [0.25, 0.3) is 11.3 Å². The van der Waals surface area contributed by atoms with E-state index < -0.39 is 0 Å². The number of rotatable bonds is 9. The van der Waals surface area contributed by atoms with Gasteiger partial charge in [0.25, 0.3) is 0 Å². The lowest BCUT2D eigenvalue weighted by Gasteiger charge is -2.13. The van der Waals surface area contributed by atoms with E-state index in [9.17, 15) is 4.39 Å². The third kappa shape index (κ3) is 5.72. The first-order chi connectivity index (χ1) is 13.6. The van der Waals surface area contributed by atoms with E-state index in [1.165, 1.54) is 6.07 Å². The molecule has 146 valence electrons. The maximum atomic E-state index is 13.9. The molecule has 0 bridgehead atoms. The van der Waals surface area contributed by atoms with Crippen LogP contribution in [0.4, 0.5) is 16.2 Å². The Morgan fingerprint density at radius 3 is 2.64 bits per heavy atom. The van der Waals surface area contributed by atoms with Gasteiger partial charge in [-0.3, -0.25) is 4.98 Å². The van der Waals surface area contributed by atoms with Crippen LogP contribution in [0.15, 0.2) is 54.9 Å². The van der Waals surface area contributed by atoms with E-state index in [1.54, 1.807) is 24.5 Å². The van der Waals surface area contributed by atoms with Crippen molar-refractivity contribution in [1.82, 2.24) is 19.9 Å². The molecular weight excluding hydrogens is 355 g/mol. The molecule has 7 heteroatoms. The van der Waals surface area contributed by atoms with E-state index in [4.69, 9.17) is 0 Å². The van der Waals surface area contributed by atoms with Crippen LogP contribution >= 0.6 is 0 Å². The summed E-state index contributed by atoms with van der Waals surface area (Å²) in [5, 5.41) is 6.48. The number of halogens is 1. The smallest absolute Gasteiger partial charge is 0.225 e. The zero-order valence-corrected chi connectivity index (χ0v) is 16.2. The fourth-order valence-electron chi connectivity index (χ4n) is 2.70. The van der Waals surface area contributed by atoms with Gasteiger partial charge in [-0.15, -0.1) is 0 Å². The van der Waals surface area contributed by atoms with Crippen LogP contribution < -0.4 is 10.6 Å². The summed E-state index contributed by atoms with van der Waals surface area (Å²) < 4.78 is 13.9. The van der Waals surface area contributed by atoms with E-state index in [-0.39, 0.29) is 5.82 Å². The van der Waals surface area contributed by atoms with Crippen molar-refractivity contribution >= 4 is 11.8 Å². The topological polar surface area (TPSA) is 66.0 Å². The summed E-state index contributed by atoms with van der Waals surface area (Å²) in [7, 11) is 4.09. The standard InChI is InChI=1S/C21H25FN6/c1-28(2)12-6-11-24-21-26-19(17-8-5-10-23-14-17)13-20(27-21)25-15-16-7-3-4-9-18(16)22/h3-5,7-10,13-14H,6,11-12,15H2,1-2H3,(H2,24,25,26,27). The van der Waals surface area contributed by atoms with Crippen LogP contribution in [-0.2, 0) is 6.54 Å². The van der Waals surface area contributed by atoms with Gasteiger partial charge in [0, 0.05) is 42.7 Å². The van der Waals surface area contributed by atoms with Crippen LogP contribution in [0, 0.1) is 5.82 Å². The Kier molecular flexibility index (Phi) is 6.86. The summed E-state index contributed by atoms with van der Waals surface area (Å²) in [5.41, 5.74) is 2.24. The van der Waals surface area contributed by atoms with Gasteiger partial charge in [-0.1, -0.05) is 18.2 Å². The van der Waals surface area contributed by atoms with Crippen LogP contribution in [0.2, 0.25) is 0 Å². The van der Waals surface area contributed by atoms with E-state index in [1.807, 2.05) is 38.4 Å². The summed E-state index contributed by atoms with van der Waals surface area (Å²) in [5.74, 6) is 0.932. The predicted octanol–water partition coefficient (Wildman–Crippen LogP) is 3.65. The molecule has 6 nitrogen and oxygen atoms in total. The molecule has 0 fully saturated rings. The molecule has 1 aromatic carbocycles. The second-order valence-electron chi connectivity index (χ2n) is 6.73. The molecule has 0 saturated heterocycles. The monoisotopic (exact) mass is 380 g/mol. The zero-order chi connectivity index (χ0) is 19.8. The Bertz CT molecular complexity index is 885. The minimum absolute atomic E-state index is 0.237. The van der Waals surface area contributed by atoms with Crippen molar-refractivity contribution in [2.75, 3.05) is 37.8 Å². The number of nitrogens with one attached hydrogen (secondary N) is 2. The molecule has 0 amide bonds. The number of pyridine rings is 1. The molecule has 0 aliphatic carbocycles. The number of hydrogen-bond donors (Lipinski definition) is 2. The van der Waals surface area contributed by atoms with Crippen molar-refractivity contribution in [2.45, 2.75) is 13.0 Å². The molecule has 3 rings (SSSR count). The van der Waals surface area contributed by atoms with Crippen molar-refractivity contribution in [1.29, 1.82) is 0 Å². The van der Waals surface area contributed by atoms with Gasteiger partial charge in [0.2, 0.25) is 5.95 Å². The normalized spacial score (nSPS) is 10.9. The second-order valence-corrected chi connectivity index (χ2v) is 6.73. The lowest BCUT2D eigenvalue weighted by Crippen LogP contribution is -2.17. The van der Waals surface area contributed by atoms with Gasteiger partial charge in [-0.2, -0.15) is 4.98 Å². The Labute approximate surface area is 164 Å². The van der Waals surface area contributed by atoms with E-state index in [0.29, 0.717) is 23.9 Å². The number of aromatic nitrogens is 3. The first kappa shape index (κ1) is 19.7. The summed E-state index contributed by atoms with van der Waals surface area (Å²) in [6.45, 7) is 2.09. The highest BCUT2D eigenvalue weighted by Crippen LogP contribution is 2.21. The molecule has 0 unspecified atom stereocenters. The molecule has 0 aliphatic heterocycles. The second kappa shape index (κ2) is 9.75. The first-order valence-corrected chi connectivity index (χ1v) is 9.27. The van der Waals surface area contributed by atoms with Gasteiger partial charge in [-0.25, -0.2) is 9.37 Å². The third-order valence-electron chi connectivity index (χ3n) is 4.17. The highest BCUT2D eigenvalue weighted by atomic mass is 19.1. The van der Waals surface area contributed by atoms with E-state index in [0.717, 1.165) is 30.8 Å². The van der Waals surface area contributed by atoms with E-state index >= 15 is 0 Å². The van der Waals surface area contributed by atoms with Gasteiger partial charge < -0.3 is 15.5 Å². The molecule has 2 heterocycles. The Morgan fingerprint density at radius 1 is 1.04 bits per heavy atom. The Morgan fingerprint density at radius 2 is 1.89 bits per heavy atom. The van der Waals surface area contributed by atoms with Crippen molar-refractivity contribution in [3.05, 3.63) is 66.2 Å². The number of hydrogen-bond acceptors (Lipinski definition) is 6. The van der Waals surface area contributed by atoms with Crippen LogP contribution in [0.5, 0.6) is 0 Å². The molecule has 0 spiro atoms. The van der Waals surface area contributed by atoms with Crippen LogP contribution in [0.1, 0.15) is 12.0 Å². The SMILES string of the molecule is CN(C)CCCNc1nc(NCc2ccccc2F)cc(-c2cccnc2)n1. The van der Waals surface area contributed by atoms with Crippen molar-refractivity contribution in [3.63, 3.8) is 0 Å². The molecule has 0 aliphatic rings. The van der Waals surface area contributed by atoms with Crippen LogP contribution in [0.3, 0.4) is 0 Å². The quantitative estimate of drug-likeness (QED) is 0.553. The average Bonchev–Trinajstić information content (AvgIpc) is 2.71. The third-order valence-corrected chi connectivity index (χ3v) is 4.17. The number of nitrogens with zero attached hydrogens (tertiary/aromatic N) is 4. The molecule has 0 atom stereocenters. The maximum absolute atomic E-state index is 13.9.